The Morgan fingerprint density at radius 3 is 2.68 bits per heavy atom. The third-order valence-corrected chi connectivity index (χ3v) is 7.60. The highest BCUT2D eigenvalue weighted by Gasteiger charge is 2.57. The summed E-state index contributed by atoms with van der Waals surface area (Å²) < 4.78 is 5.53. The maximum atomic E-state index is 13.6. The van der Waals surface area contributed by atoms with Crippen molar-refractivity contribution in [3.05, 3.63) is 22.4 Å². The van der Waals surface area contributed by atoms with Gasteiger partial charge in [-0.1, -0.05) is 25.3 Å². The molecule has 1 N–H and O–H groups in total. The number of carbonyl (C=O) groups excluding carboxylic acids is 1. The molecule has 1 amide bonds. The zero-order valence-corrected chi connectivity index (χ0v) is 15.2. The molecule has 0 bridgehead atoms. The number of rotatable bonds is 3. The number of thiophene rings is 1. The quantitative estimate of drug-likeness (QED) is 0.897. The van der Waals surface area contributed by atoms with E-state index in [0.717, 1.165) is 30.6 Å². The molecule has 0 unspecified atom stereocenters. The summed E-state index contributed by atoms with van der Waals surface area (Å²) in [6, 6.07) is 4.09. The number of carboxylic acid groups (broad SMARTS) is 1. The molecule has 2 saturated heterocycles. The van der Waals surface area contributed by atoms with Crippen molar-refractivity contribution >= 4 is 23.2 Å². The van der Waals surface area contributed by atoms with Gasteiger partial charge in [0.2, 0.25) is 5.91 Å². The standard InChI is InChI=1S/C19H25NO4S/c21-16(18(6-2-1-3-7-18)15-5-4-10-25-15)20-11-14-12-24-9-8-19(14,13-20)17(22)23/h4-5,10,14H,1-3,6-9,11-13H2,(H,22,23)/t14-,19+/m0/s1. The summed E-state index contributed by atoms with van der Waals surface area (Å²) in [7, 11) is 0. The van der Waals surface area contributed by atoms with Gasteiger partial charge in [0.05, 0.1) is 17.4 Å². The molecule has 0 spiro atoms. The van der Waals surface area contributed by atoms with Crippen LogP contribution in [0.15, 0.2) is 17.5 Å². The number of carboxylic acids is 1. The summed E-state index contributed by atoms with van der Waals surface area (Å²) in [4.78, 5) is 28.6. The third-order valence-electron chi connectivity index (χ3n) is 6.53. The fraction of sp³-hybridized carbons (Fsp3) is 0.684. The molecule has 4 rings (SSSR count). The number of hydrogen-bond donors (Lipinski definition) is 1. The lowest BCUT2D eigenvalue weighted by atomic mass is 9.72. The van der Waals surface area contributed by atoms with Crippen LogP contribution < -0.4 is 0 Å². The Morgan fingerprint density at radius 2 is 2.04 bits per heavy atom. The number of likely N-dealkylation sites (tertiary alicyclic amines) is 1. The highest BCUT2D eigenvalue weighted by atomic mass is 32.1. The van der Waals surface area contributed by atoms with Crippen molar-refractivity contribution in [1.29, 1.82) is 0 Å². The van der Waals surface area contributed by atoms with E-state index in [1.807, 2.05) is 16.3 Å². The van der Waals surface area contributed by atoms with Crippen molar-refractivity contribution in [3.63, 3.8) is 0 Å². The molecule has 2 aliphatic heterocycles. The van der Waals surface area contributed by atoms with Crippen molar-refractivity contribution < 1.29 is 19.4 Å². The molecule has 25 heavy (non-hydrogen) atoms. The van der Waals surface area contributed by atoms with Gasteiger partial charge >= 0.3 is 5.97 Å². The van der Waals surface area contributed by atoms with Crippen LogP contribution in [0.5, 0.6) is 0 Å². The van der Waals surface area contributed by atoms with E-state index in [9.17, 15) is 14.7 Å². The van der Waals surface area contributed by atoms with Crippen LogP contribution in [0.4, 0.5) is 0 Å². The fourth-order valence-corrected chi connectivity index (χ4v) is 6.01. The Balaban J connectivity index is 1.64. The zero-order chi connectivity index (χ0) is 17.5. The number of carbonyl (C=O) groups is 2. The van der Waals surface area contributed by atoms with E-state index in [-0.39, 0.29) is 11.8 Å². The smallest absolute Gasteiger partial charge is 0.311 e. The Labute approximate surface area is 152 Å². The molecular weight excluding hydrogens is 338 g/mol. The van der Waals surface area contributed by atoms with Crippen LogP contribution in [0, 0.1) is 11.3 Å². The molecule has 1 saturated carbocycles. The van der Waals surface area contributed by atoms with Crippen LogP contribution in [-0.2, 0) is 19.7 Å². The van der Waals surface area contributed by atoms with Crippen LogP contribution in [0.1, 0.15) is 43.4 Å². The monoisotopic (exact) mass is 363 g/mol. The Morgan fingerprint density at radius 1 is 1.24 bits per heavy atom. The van der Waals surface area contributed by atoms with E-state index in [2.05, 4.69) is 6.07 Å². The molecule has 3 heterocycles. The van der Waals surface area contributed by atoms with Gasteiger partial charge < -0.3 is 14.7 Å². The van der Waals surface area contributed by atoms with Gasteiger partial charge in [-0.05, 0) is 30.7 Å². The topological polar surface area (TPSA) is 66.8 Å². The van der Waals surface area contributed by atoms with E-state index in [4.69, 9.17) is 4.74 Å². The van der Waals surface area contributed by atoms with Crippen molar-refractivity contribution in [2.75, 3.05) is 26.3 Å². The lowest BCUT2D eigenvalue weighted by Gasteiger charge is -2.38. The first-order valence-corrected chi connectivity index (χ1v) is 10.1. The van der Waals surface area contributed by atoms with E-state index >= 15 is 0 Å². The Kier molecular flexibility index (Phi) is 4.36. The fourth-order valence-electron chi connectivity index (χ4n) is 5.03. The predicted octanol–water partition coefficient (Wildman–Crippen LogP) is 2.90. The Bertz CT molecular complexity index is 652. The lowest BCUT2D eigenvalue weighted by Crippen LogP contribution is -2.48. The summed E-state index contributed by atoms with van der Waals surface area (Å²) in [5, 5.41) is 11.9. The van der Waals surface area contributed by atoms with Gasteiger partial charge in [-0.25, -0.2) is 0 Å². The van der Waals surface area contributed by atoms with Gasteiger partial charge in [-0.3, -0.25) is 9.59 Å². The normalized spacial score (nSPS) is 31.5. The average molecular weight is 363 g/mol. The van der Waals surface area contributed by atoms with Gasteiger partial charge in [0.1, 0.15) is 0 Å². The summed E-state index contributed by atoms with van der Waals surface area (Å²) >= 11 is 1.66. The first kappa shape index (κ1) is 17.0. The first-order chi connectivity index (χ1) is 12.1. The summed E-state index contributed by atoms with van der Waals surface area (Å²) in [5.74, 6) is -0.721. The Hall–Kier alpha value is -1.40. The maximum absolute atomic E-state index is 13.6. The van der Waals surface area contributed by atoms with Crippen LogP contribution in [0.3, 0.4) is 0 Å². The highest BCUT2D eigenvalue weighted by Crippen LogP contribution is 2.47. The van der Waals surface area contributed by atoms with Gasteiger partial charge in [0, 0.05) is 30.5 Å². The number of hydrogen-bond acceptors (Lipinski definition) is 4. The minimum atomic E-state index is -0.820. The van der Waals surface area contributed by atoms with E-state index < -0.39 is 16.8 Å². The molecule has 5 nitrogen and oxygen atoms in total. The first-order valence-electron chi connectivity index (χ1n) is 9.23. The molecule has 1 aliphatic carbocycles. The van der Waals surface area contributed by atoms with Gasteiger partial charge in [-0.15, -0.1) is 11.3 Å². The molecule has 2 atom stereocenters. The van der Waals surface area contributed by atoms with E-state index in [0.29, 0.717) is 32.7 Å². The van der Waals surface area contributed by atoms with Gasteiger partial charge in [0.25, 0.3) is 0 Å². The molecule has 0 aromatic carbocycles. The minimum Gasteiger partial charge on any atom is -0.481 e. The van der Waals surface area contributed by atoms with E-state index in [1.165, 1.54) is 6.42 Å². The minimum absolute atomic E-state index is 0.0910. The molecule has 6 heteroatoms. The van der Waals surface area contributed by atoms with Crippen LogP contribution in [0.25, 0.3) is 0 Å². The average Bonchev–Trinajstić information content (AvgIpc) is 3.30. The number of ether oxygens (including phenoxy) is 1. The number of fused-ring (bicyclic) bond motifs is 1. The lowest BCUT2D eigenvalue weighted by molar-refractivity contribution is -0.157. The van der Waals surface area contributed by atoms with Crippen molar-refractivity contribution in [2.24, 2.45) is 11.3 Å². The predicted molar refractivity (Wildman–Crippen MR) is 94.7 cm³/mol. The van der Waals surface area contributed by atoms with Crippen molar-refractivity contribution in [2.45, 2.75) is 43.9 Å². The van der Waals surface area contributed by atoms with Gasteiger partial charge in [0.15, 0.2) is 0 Å². The maximum Gasteiger partial charge on any atom is 0.311 e. The molecule has 0 radical (unpaired) electrons. The van der Waals surface area contributed by atoms with Crippen LogP contribution in [-0.4, -0.2) is 48.2 Å². The molecule has 1 aromatic heterocycles. The zero-order valence-electron chi connectivity index (χ0n) is 14.4. The molecule has 3 aliphatic rings. The SMILES string of the molecule is O=C(N1C[C@H]2COCC[C@@]2(C(=O)O)C1)C1(c2cccs2)CCCCC1. The van der Waals surface area contributed by atoms with Crippen LogP contribution in [0.2, 0.25) is 0 Å². The van der Waals surface area contributed by atoms with Gasteiger partial charge in [-0.2, -0.15) is 0 Å². The molecular formula is C19H25NO4S. The number of aliphatic carboxylic acids is 1. The largest absolute Gasteiger partial charge is 0.481 e. The second kappa shape index (κ2) is 6.40. The molecule has 136 valence electrons. The summed E-state index contributed by atoms with van der Waals surface area (Å²) in [6.07, 6.45) is 5.56. The second-order valence-corrected chi connectivity index (χ2v) is 8.74. The third kappa shape index (κ3) is 2.61. The van der Waals surface area contributed by atoms with Crippen LogP contribution >= 0.6 is 11.3 Å². The molecule has 3 fully saturated rings. The van der Waals surface area contributed by atoms with Crippen molar-refractivity contribution in [3.8, 4) is 0 Å². The second-order valence-electron chi connectivity index (χ2n) is 7.79. The van der Waals surface area contributed by atoms with E-state index in [1.54, 1.807) is 11.3 Å². The number of amides is 1. The van der Waals surface area contributed by atoms with Crippen molar-refractivity contribution in [1.82, 2.24) is 4.90 Å². The molecule has 1 aromatic rings. The number of nitrogens with zero attached hydrogens (tertiary/aromatic N) is 1. The summed E-state index contributed by atoms with van der Waals surface area (Å²) in [5.41, 5.74) is -1.26. The highest BCUT2D eigenvalue weighted by molar-refractivity contribution is 7.10. The summed E-state index contributed by atoms with van der Waals surface area (Å²) in [6.45, 7) is 1.77.